The molecular formula is C42H33BrN2S2. The summed E-state index contributed by atoms with van der Waals surface area (Å²) in [5.41, 5.74) is 13.6. The summed E-state index contributed by atoms with van der Waals surface area (Å²) in [6, 6.07) is 40.0. The van der Waals surface area contributed by atoms with Crippen molar-refractivity contribution in [2.45, 2.75) is 33.1 Å². The summed E-state index contributed by atoms with van der Waals surface area (Å²) in [5, 5.41) is 0. The highest BCUT2D eigenvalue weighted by Crippen LogP contribution is 2.42. The van der Waals surface area contributed by atoms with Crippen LogP contribution in [-0.2, 0) is 5.41 Å². The van der Waals surface area contributed by atoms with Crippen LogP contribution in [0.1, 0.15) is 62.8 Å². The molecule has 2 nitrogen and oxygen atoms in total. The van der Waals surface area contributed by atoms with Gasteiger partial charge in [0.25, 0.3) is 0 Å². The molecule has 0 aliphatic carbocycles. The van der Waals surface area contributed by atoms with Gasteiger partial charge in [-0.25, -0.2) is 4.99 Å². The summed E-state index contributed by atoms with van der Waals surface area (Å²) in [5.74, 6) is 0. The lowest BCUT2D eigenvalue weighted by molar-refractivity contribution is 0.635. The predicted molar refractivity (Wildman–Crippen MR) is 204 cm³/mol. The molecule has 1 N–H and O–H groups in total. The monoisotopic (exact) mass is 708 g/mol. The molecule has 5 heterocycles. The first-order valence-corrected chi connectivity index (χ1v) is 18.2. The molecule has 8 bridgehead atoms. The number of nitrogens with one attached hydrogen (secondary N) is 1. The van der Waals surface area contributed by atoms with E-state index in [0.717, 1.165) is 38.3 Å². The van der Waals surface area contributed by atoms with Crippen LogP contribution in [0.4, 0.5) is 0 Å². The Morgan fingerprint density at radius 3 is 1.87 bits per heavy atom. The second-order valence-corrected chi connectivity index (χ2v) is 15.9. The summed E-state index contributed by atoms with van der Waals surface area (Å²) in [7, 11) is 0. The first-order valence-electron chi connectivity index (χ1n) is 15.8. The Hall–Kier alpha value is -4.29. The van der Waals surface area contributed by atoms with Crippen molar-refractivity contribution < 1.29 is 0 Å². The molecule has 230 valence electrons. The topological polar surface area (TPSA) is 28.1 Å². The van der Waals surface area contributed by atoms with Crippen molar-refractivity contribution in [3.63, 3.8) is 0 Å². The zero-order valence-electron chi connectivity index (χ0n) is 26.7. The van der Waals surface area contributed by atoms with E-state index in [1.807, 2.05) is 22.7 Å². The molecule has 0 atom stereocenters. The van der Waals surface area contributed by atoms with E-state index in [2.05, 4.69) is 170 Å². The van der Waals surface area contributed by atoms with Gasteiger partial charge in [0.1, 0.15) is 0 Å². The van der Waals surface area contributed by atoms with E-state index in [1.54, 1.807) is 0 Å². The van der Waals surface area contributed by atoms with Gasteiger partial charge in [-0.1, -0.05) is 87.7 Å². The molecule has 3 aromatic carbocycles. The Morgan fingerprint density at radius 2 is 1.19 bits per heavy atom. The highest BCUT2D eigenvalue weighted by molar-refractivity contribution is 9.10. The smallest absolute Gasteiger partial charge is 0.0730 e. The number of aromatic nitrogens is 1. The van der Waals surface area contributed by atoms with Crippen LogP contribution in [0.15, 0.2) is 137 Å². The number of rotatable bonds is 3. The highest BCUT2D eigenvalue weighted by Gasteiger charge is 2.29. The van der Waals surface area contributed by atoms with Crippen LogP contribution in [0.5, 0.6) is 0 Å². The molecule has 2 aliphatic rings. The van der Waals surface area contributed by atoms with Crippen LogP contribution < -0.4 is 9.06 Å². The third kappa shape index (κ3) is 5.46. The summed E-state index contributed by atoms with van der Waals surface area (Å²) in [6.07, 6.45) is 4.39. The number of H-pyrrole nitrogens is 1. The fourth-order valence-corrected chi connectivity index (χ4v) is 9.04. The number of aromatic amines is 1. The van der Waals surface area contributed by atoms with Crippen LogP contribution in [0.3, 0.4) is 0 Å². The second-order valence-electron chi connectivity index (χ2n) is 12.8. The molecule has 0 saturated carbocycles. The average molecular weight is 710 g/mol. The van der Waals surface area contributed by atoms with E-state index in [-0.39, 0.29) is 5.41 Å². The number of hydrogen-bond donors (Lipinski definition) is 1. The maximum Gasteiger partial charge on any atom is 0.0730 e. The van der Waals surface area contributed by atoms with Crippen molar-refractivity contribution in [1.82, 2.24) is 4.98 Å². The fourth-order valence-electron chi connectivity index (χ4n) is 6.41. The molecule has 5 heteroatoms. The van der Waals surface area contributed by atoms with Crippen molar-refractivity contribution in [3.05, 3.63) is 190 Å². The maximum absolute atomic E-state index is 5.42. The molecule has 8 rings (SSSR count). The molecule has 3 aromatic heterocycles. The lowest BCUT2D eigenvalue weighted by Gasteiger charge is -2.22. The van der Waals surface area contributed by atoms with Gasteiger partial charge >= 0.3 is 0 Å². The van der Waals surface area contributed by atoms with E-state index >= 15 is 0 Å². The lowest BCUT2D eigenvalue weighted by Crippen LogP contribution is -2.18. The maximum atomic E-state index is 5.42. The van der Waals surface area contributed by atoms with Crippen LogP contribution in [0, 0.1) is 13.8 Å². The minimum atomic E-state index is -0.223. The zero-order chi connectivity index (χ0) is 32.3. The fraction of sp³-hybridized carbons (Fsp3) is 0.119. The van der Waals surface area contributed by atoms with E-state index < -0.39 is 0 Å². The number of hydrogen-bond acceptors (Lipinski definition) is 3. The van der Waals surface area contributed by atoms with Gasteiger partial charge in [-0.05, 0) is 105 Å². The number of thiophene rings is 2. The van der Waals surface area contributed by atoms with Gasteiger partial charge < -0.3 is 4.98 Å². The summed E-state index contributed by atoms with van der Waals surface area (Å²) in [6.45, 7) is 8.91. The number of benzene rings is 3. The quantitative estimate of drug-likeness (QED) is 0.190. The summed E-state index contributed by atoms with van der Waals surface area (Å²) in [4.78, 5) is 11.8. The molecule has 6 aromatic rings. The Kier molecular flexibility index (Phi) is 7.52. The van der Waals surface area contributed by atoms with Gasteiger partial charge in [0, 0.05) is 56.8 Å². The standard InChI is InChI=1S/C42H33BrN2S2/c1-25-5-9-27(10-6-25)39-31-17-18-32(44-31)40(29-13-15-30(43)16-14-29)36-22-24-38(47-36)42(3,4)37-23-19-33(45-37)41(35-21-20-34(39)46-35)28-11-7-26(2)8-12-28/h5-24,45H,1-4H3/b39-34-,40-32-,41-35-. The van der Waals surface area contributed by atoms with Gasteiger partial charge in [-0.2, -0.15) is 0 Å². The molecular weight excluding hydrogens is 677 g/mol. The third-order valence-electron chi connectivity index (χ3n) is 9.16. The third-order valence-corrected chi connectivity index (χ3v) is 12.2. The molecule has 2 aliphatic heterocycles. The van der Waals surface area contributed by atoms with Gasteiger partial charge in [-0.15, -0.1) is 22.7 Å². The van der Waals surface area contributed by atoms with Gasteiger partial charge in [0.2, 0.25) is 0 Å². The van der Waals surface area contributed by atoms with E-state index in [9.17, 15) is 0 Å². The molecule has 0 saturated heterocycles. The Labute approximate surface area is 292 Å². The molecule has 0 radical (unpaired) electrons. The van der Waals surface area contributed by atoms with Crippen molar-refractivity contribution in [3.8, 4) is 0 Å². The number of allylic oxidation sites excluding steroid dienone is 2. The van der Waals surface area contributed by atoms with Crippen molar-refractivity contribution in [2.24, 2.45) is 4.99 Å². The van der Waals surface area contributed by atoms with Crippen molar-refractivity contribution in [2.75, 3.05) is 0 Å². The van der Waals surface area contributed by atoms with Gasteiger partial charge in [0.15, 0.2) is 0 Å². The second kappa shape index (κ2) is 11.7. The number of aryl methyl sites for hydroxylation is 2. The Balaban J connectivity index is 1.49. The average Bonchev–Trinajstić information content (AvgIpc) is 3.89. The van der Waals surface area contributed by atoms with Gasteiger partial charge in [0.05, 0.1) is 11.4 Å². The number of nitrogens with zero attached hydrogens (tertiary/aromatic N) is 1. The first kappa shape index (κ1) is 30.1. The number of aliphatic imine (C=N–C) groups is 1. The summed E-state index contributed by atoms with van der Waals surface area (Å²) >= 11 is 7.32. The minimum absolute atomic E-state index is 0.223. The van der Waals surface area contributed by atoms with Crippen LogP contribution in [-0.4, -0.2) is 10.7 Å². The highest BCUT2D eigenvalue weighted by atomic mass is 79.9. The van der Waals surface area contributed by atoms with E-state index in [4.69, 9.17) is 4.99 Å². The Morgan fingerprint density at radius 1 is 0.596 bits per heavy atom. The Bertz CT molecular complexity index is 2370. The molecule has 0 spiro atoms. The predicted octanol–water partition coefficient (Wildman–Crippen LogP) is 10.1. The molecule has 0 fully saturated rings. The minimum Gasteiger partial charge on any atom is -0.358 e. The number of fused-ring (bicyclic) bond motifs is 7. The van der Waals surface area contributed by atoms with Crippen molar-refractivity contribution in [1.29, 1.82) is 0 Å². The van der Waals surface area contributed by atoms with Crippen LogP contribution >= 0.6 is 38.6 Å². The molecule has 0 unspecified atom stereocenters. The largest absolute Gasteiger partial charge is 0.358 e. The first-order chi connectivity index (χ1) is 22.7. The van der Waals surface area contributed by atoms with Gasteiger partial charge in [-0.3, -0.25) is 0 Å². The summed E-state index contributed by atoms with van der Waals surface area (Å²) < 4.78 is 3.48. The number of halogens is 1. The van der Waals surface area contributed by atoms with Crippen LogP contribution in [0.25, 0.3) is 16.7 Å². The zero-order valence-corrected chi connectivity index (χ0v) is 29.9. The van der Waals surface area contributed by atoms with E-state index in [0.29, 0.717) is 0 Å². The van der Waals surface area contributed by atoms with E-state index in [1.165, 1.54) is 52.3 Å². The molecule has 47 heavy (non-hydrogen) atoms. The van der Waals surface area contributed by atoms with Crippen LogP contribution in [0.2, 0.25) is 0 Å². The van der Waals surface area contributed by atoms with Crippen molar-refractivity contribution >= 4 is 61.0 Å². The lowest BCUT2D eigenvalue weighted by atomic mass is 9.88. The molecule has 0 amide bonds. The normalized spacial score (nSPS) is 19.2. The SMILES string of the molecule is Cc1ccc(/C2=c3\cc/c(s3)=C(\c3ccc(C)cc3)c3ccc([nH]3)C(C)(C)c3ccc(s3)/C(c3ccc(Br)cc3)=C3/C=CC2=N3)cc1.